The maximum absolute atomic E-state index is 12.1. The molecule has 0 aromatic heterocycles. The zero-order valence-electron chi connectivity index (χ0n) is 10.7. The van der Waals surface area contributed by atoms with Crippen molar-refractivity contribution in [3.63, 3.8) is 0 Å². The average molecular weight is 256 g/mol. The second-order valence-electron chi connectivity index (χ2n) is 5.03. The number of aliphatic hydroxyl groups is 1. The van der Waals surface area contributed by atoms with Gasteiger partial charge in [0.1, 0.15) is 0 Å². The maximum atomic E-state index is 12.1. The van der Waals surface area contributed by atoms with Gasteiger partial charge in [-0.3, -0.25) is 9.59 Å². The summed E-state index contributed by atoms with van der Waals surface area (Å²) < 4.78 is 4.94. The van der Waals surface area contributed by atoms with E-state index >= 15 is 0 Å². The Labute approximate surface area is 106 Å². The first-order valence-electron chi connectivity index (χ1n) is 6.32. The third-order valence-electron chi connectivity index (χ3n) is 3.66. The van der Waals surface area contributed by atoms with Gasteiger partial charge >= 0.3 is 0 Å². The van der Waals surface area contributed by atoms with Gasteiger partial charge in [-0.15, -0.1) is 0 Å². The lowest BCUT2D eigenvalue weighted by molar-refractivity contribution is -0.142. The Bertz CT molecular complexity index is 328. The van der Waals surface area contributed by atoms with E-state index in [1.54, 1.807) is 16.9 Å². The van der Waals surface area contributed by atoms with Gasteiger partial charge in [0.25, 0.3) is 0 Å². The first kappa shape index (κ1) is 13.3. The van der Waals surface area contributed by atoms with Crippen LogP contribution < -0.4 is 0 Å². The molecule has 2 aliphatic heterocycles. The third-order valence-corrected chi connectivity index (χ3v) is 3.66. The van der Waals surface area contributed by atoms with Crippen LogP contribution in [-0.2, 0) is 14.3 Å². The number of hydrogen-bond acceptors (Lipinski definition) is 4. The summed E-state index contributed by atoms with van der Waals surface area (Å²) >= 11 is 0. The van der Waals surface area contributed by atoms with Crippen molar-refractivity contribution < 1.29 is 19.4 Å². The van der Waals surface area contributed by atoms with Crippen LogP contribution in [0.4, 0.5) is 0 Å². The molecular weight excluding hydrogens is 236 g/mol. The lowest BCUT2D eigenvalue weighted by atomic mass is 9.97. The van der Waals surface area contributed by atoms with Crippen LogP contribution in [0.2, 0.25) is 0 Å². The molecule has 102 valence electrons. The van der Waals surface area contributed by atoms with Gasteiger partial charge in [-0.25, -0.2) is 0 Å². The van der Waals surface area contributed by atoms with Crippen LogP contribution >= 0.6 is 0 Å². The van der Waals surface area contributed by atoms with Gasteiger partial charge in [0.15, 0.2) is 0 Å². The highest BCUT2D eigenvalue weighted by atomic mass is 16.5. The Hall–Kier alpha value is -1.14. The number of carbonyl (C=O) groups excluding carboxylic acids is 2. The van der Waals surface area contributed by atoms with E-state index in [-0.39, 0.29) is 30.3 Å². The zero-order valence-corrected chi connectivity index (χ0v) is 10.7. The molecule has 2 saturated heterocycles. The highest BCUT2D eigenvalue weighted by molar-refractivity contribution is 5.89. The van der Waals surface area contributed by atoms with Crippen LogP contribution in [0.1, 0.15) is 6.42 Å². The van der Waals surface area contributed by atoms with E-state index in [4.69, 9.17) is 9.84 Å². The highest BCUT2D eigenvalue weighted by Gasteiger charge is 2.39. The molecule has 6 heteroatoms. The topological polar surface area (TPSA) is 70.1 Å². The Balaban J connectivity index is 1.81. The minimum absolute atomic E-state index is 0.0321. The molecule has 1 unspecified atom stereocenters. The molecule has 0 aromatic rings. The Morgan fingerprint density at radius 2 is 2.17 bits per heavy atom. The second kappa shape index (κ2) is 5.67. The predicted molar refractivity (Wildman–Crippen MR) is 63.7 cm³/mol. The van der Waals surface area contributed by atoms with Gasteiger partial charge in [-0.1, -0.05) is 0 Å². The average Bonchev–Trinajstić information content (AvgIpc) is 2.66. The molecule has 0 aromatic carbocycles. The SMILES string of the molecule is COCCN1CC(C(=O)N2CC(CO)C2)CC1=O. The molecular formula is C12H20N2O4. The fraction of sp³-hybridized carbons (Fsp3) is 0.833. The summed E-state index contributed by atoms with van der Waals surface area (Å²) in [4.78, 5) is 27.2. The second-order valence-corrected chi connectivity index (χ2v) is 5.03. The lowest BCUT2D eigenvalue weighted by Gasteiger charge is -2.39. The summed E-state index contributed by atoms with van der Waals surface area (Å²) in [6, 6.07) is 0. The molecule has 2 rings (SSSR count). The predicted octanol–water partition coefficient (Wildman–Crippen LogP) is -1.07. The number of ether oxygens (including phenoxy) is 1. The van der Waals surface area contributed by atoms with Crippen LogP contribution in [-0.4, -0.2) is 73.2 Å². The minimum atomic E-state index is -0.214. The Morgan fingerprint density at radius 1 is 1.44 bits per heavy atom. The quantitative estimate of drug-likeness (QED) is 0.680. The van der Waals surface area contributed by atoms with Crippen molar-refractivity contribution in [1.29, 1.82) is 0 Å². The van der Waals surface area contributed by atoms with Gasteiger partial charge in [0.05, 0.1) is 12.5 Å². The molecule has 1 atom stereocenters. The molecule has 0 saturated carbocycles. The number of hydrogen-bond donors (Lipinski definition) is 1. The van der Waals surface area contributed by atoms with Gasteiger partial charge in [0.2, 0.25) is 11.8 Å². The molecule has 2 fully saturated rings. The maximum Gasteiger partial charge on any atom is 0.228 e. The molecule has 1 N–H and O–H groups in total. The largest absolute Gasteiger partial charge is 0.396 e. The van der Waals surface area contributed by atoms with Crippen molar-refractivity contribution in [2.75, 3.05) is 46.5 Å². The number of likely N-dealkylation sites (tertiary alicyclic amines) is 2. The van der Waals surface area contributed by atoms with E-state index in [0.29, 0.717) is 39.2 Å². The lowest BCUT2D eigenvalue weighted by Crippen LogP contribution is -2.53. The van der Waals surface area contributed by atoms with E-state index < -0.39 is 0 Å². The number of methoxy groups -OCH3 is 1. The van der Waals surface area contributed by atoms with Crippen molar-refractivity contribution in [2.24, 2.45) is 11.8 Å². The van der Waals surface area contributed by atoms with Crippen molar-refractivity contribution in [3.05, 3.63) is 0 Å². The summed E-state index contributed by atoms with van der Waals surface area (Å²) in [6.07, 6.45) is 0.308. The van der Waals surface area contributed by atoms with E-state index in [1.165, 1.54) is 0 Å². The fourth-order valence-corrected chi connectivity index (χ4v) is 2.48. The Morgan fingerprint density at radius 3 is 2.78 bits per heavy atom. The Kier molecular flexibility index (Phi) is 4.19. The van der Waals surface area contributed by atoms with E-state index in [2.05, 4.69) is 0 Å². The van der Waals surface area contributed by atoms with Crippen molar-refractivity contribution in [1.82, 2.24) is 9.80 Å². The molecule has 2 heterocycles. The van der Waals surface area contributed by atoms with Gasteiger partial charge in [0, 0.05) is 52.2 Å². The van der Waals surface area contributed by atoms with Crippen LogP contribution in [0.25, 0.3) is 0 Å². The summed E-state index contributed by atoms with van der Waals surface area (Å²) in [5.41, 5.74) is 0. The molecule has 0 spiro atoms. The number of carbonyl (C=O) groups is 2. The summed E-state index contributed by atoms with van der Waals surface area (Å²) in [5, 5.41) is 8.92. The molecule has 18 heavy (non-hydrogen) atoms. The number of amides is 2. The first-order valence-corrected chi connectivity index (χ1v) is 6.32. The smallest absolute Gasteiger partial charge is 0.228 e. The normalized spacial score (nSPS) is 24.6. The molecule has 2 aliphatic rings. The van der Waals surface area contributed by atoms with Crippen molar-refractivity contribution in [3.8, 4) is 0 Å². The zero-order chi connectivity index (χ0) is 13.1. The standard InChI is InChI=1S/C12H20N2O4/c1-18-3-2-13-7-10(4-11(13)16)12(17)14-5-9(6-14)8-15/h9-10,15H,2-8H2,1H3. The van der Waals surface area contributed by atoms with Crippen LogP contribution in [0.3, 0.4) is 0 Å². The highest BCUT2D eigenvalue weighted by Crippen LogP contribution is 2.24. The third kappa shape index (κ3) is 2.64. The fourth-order valence-electron chi connectivity index (χ4n) is 2.48. The molecule has 6 nitrogen and oxygen atoms in total. The van der Waals surface area contributed by atoms with Gasteiger partial charge < -0.3 is 19.6 Å². The summed E-state index contributed by atoms with van der Waals surface area (Å²) in [7, 11) is 1.60. The summed E-state index contributed by atoms with van der Waals surface area (Å²) in [6.45, 7) is 2.94. The first-order chi connectivity index (χ1) is 8.65. The van der Waals surface area contributed by atoms with E-state index in [1.807, 2.05) is 0 Å². The molecule has 0 aliphatic carbocycles. The van der Waals surface area contributed by atoms with E-state index in [9.17, 15) is 9.59 Å². The molecule has 2 amide bonds. The number of aliphatic hydroxyl groups excluding tert-OH is 1. The molecule has 0 radical (unpaired) electrons. The van der Waals surface area contributed by atoms with Crippen LogP contribution in [0.5, 0.6) is 0 Å². The van der Waals surface area contributed by atoms with Crippen molar-refractivity contribution in [2.45, 2.75) is 6.42 Å². The summed E-state index contributed by atoms with van der Waals surface area (Å²) in [5.74, 6) is 0.0854. The van der Waals surface area contributed by atoms with Crippen molar-refractivity contribution >= 4 is 11.8 Å². The monoisotopic (exact) mass is 256 g/mol. The van der Waals surface area contributed by atoms with Crippen LogP contribution in [0.15, 0.2) is 0 Å². The van der Waals surface area contributed by atoms with E-state index in [0.717, 1.165) is 0 Å². The van der Waals surface area contributed by atoms with Gasteiger partial charge in [-0.2, -0.15) is 0 Å². The minimum Gasteiger partial charge on any atom is -0.396 e. The van der Waals surface area contributed by atoms with Crippen LogP contribution in [0, 0.1) is 11.8 Å². The number of nitrogens with zero attached hydrogens (tertiary/aromatic N) is 2. The molecule has 0 bridgehead atoms. The van der Waals surface area contributed by atoms with Gasteiger partial charge in [-0.05, 0) is 0 Å². The number of rotatable bonds is 5.